The average Bonchev–Trinajstić information content (AvgIpc) is 2.37. The fourth-order valence-corrected chi connectivity index (χ4v) is 2.32. The van der Waals surface area contributed by atoms with Gasteiger partial charge < -0.3 is 14.8 Å². The molecule has 0 saturated carbocycles. The maximum absolute atomic E-state index is 5.58. The third-order valence-electron chi connectivity index (χ3n) is 2.84. The Labute approximate surface area is 116 Å². The number of nitrogens with one attached hydrogen (secondary N) is 1. The first-order chi connectivity index (χ1) is 8.70. The lowest BCUT2D eigenvalue weighted by molar-refractivity contribution is 0.171. The van der Waals surface area contributed by atoms with Crippen LogP contribution in [-0.2, 0) is 0 Å². The van der Waals surface area contributed by atoms with E-state index in [2.05, 4.69) is 34.7 Å². The third-order valence-corrected chi connectivity index (χ3v) is 3.49. The van der Waals surface area contributed by atoms with Gasteiger partial charge in [0.2, 0.25) is 0 Å². The van der Waals surface area contributed by atoms with Crippen molar-refractivity contribution < 1.29 is 9.47 Å². The first-order valence-corrected chi connectivity index (χ1v) is 6.96. The molecule has 1 heterocycles. The minimum atomic E-state index is 0.391. The van der Waals surface area contributed by atoms with E-state index in [9.17, 15) is 0 Å². The zero-order chi connectivity index (χ0) is 13.0. The molecular formula is C14H18BrNO2. The molecule has 1 aromatic carbocycles. The first-order valence-electron chi connectivity index (χ1n) is 6.17. The van der Waals surface area contributed by atoms with Crippen LogP contribution in [0, 0.1) is 0 Å². The van der Waals surface area contributed by atoms with Gasteiger partial charge in [-0.05, 0) is 35.7 Å². The lowest BCUT2D eigenvalue weighted by Gasteiger charge is -2.22. The molecule has 0 spiro atoms. The molecule has 0 amide bonds. The highest BCUT2D eigenvalue weighted by Gasteiger charge is 2.15. The van der Waals surface area contributed by atoms with Crippen LogP contribution in [-0.4, -0.2) is 19.3 Å². The van der Waals surface area contributed by atoms with Crippen LogP contribution in [0.3, 0.4) is 0 Å². The zero-order valence-electron chi connectivity index (χ0n) is 10.5. The fraction of sp³-hybridized carbons (Fsp3) is 0.429. The molecule has 0 aromatic heterocycles. The number of rotatable bonds is 5. The van der Waals surface area contributed by atoms with E-state index in [-0.39, 0.29) is 0 Å². The van der Waals surface area contributed by atoms with Gasteiger partial charge in [-0.2, -0.15) is 0 Å². The number of halogens is 1. The fourth-order valence-electron chi connectivity index (χ4n) is 1.88. The smallest absolute Gasteiger partial charge is 0.163 e. The lowest BCUT2D eigenvalue weighted by Crippen LogP contribution is -2.17. The molecule has 1 N–H and O–H groups in total. The molecule has 1 unspecified atom stereocenters. The Kier molecular flexibility index (Phi) is 4.53. The molecule has 0 fully saturated rings. The Morgan fingerprint density at radius 1 is 1.39 bits per heavy atom. The monoisotopic (exact) mass is 311 g/mol. The predicted octanol–water partition coefficient (Wildman–Crippen LogP) is 3.99. The summed E-state index contributed by atoms with van der Waals surface area (Å²) in [5.74, 6) is 1.61. The van der Waals surface area contributed by atoms with Crippen molar-refractivity contribution in [2.24, 2.45) is 0 Å². The molecule has 0 aliphatic carbocycles. The van der Waals surface area contributed by atoms with Crippen LogP contribution in [0.2, 0.25) is 0 Å². The van der Waals surface area contributed by atoms with Gasteiger partial charge in [0.25, 0.3) is 0 Å². The van der Waals surface area contributed by atoms with Crippen LogP contribution < -0.4 is 14.8 Å². The highest BCUT2D eigenvalue weighted by molar-refractivity contribution is 9.10. The number of allylic oxidation sites excluding steroid dienone is 1. The molecule has 0 radical (unpaired) electrons. The van der Waals surface area contributed by atoms with E-state index in [4.69, 9.17) is 9.47 Å². The van der Waals surface area contributed by atoms with Crippen molar-refractivity contribution in [1.82, 2.24) is 0 Å². The van der Waals surface area contributed by atoms with E-state index in [1.807, 2.05) is 18.2 Å². The van der Waals surface area contributed by atoms with Gasteiger partial charge in [0.15, 0.2) is 11.5 Å². The second-order valence-corrected chi connectivity index (χ2v) is 5.24. The van der Waals surface area contributed by atoms with E-state index in [0.29, 0.717) is 19.3 Å². The van der Waals surface area contributed by atoms with Gasteiger partial charge in [-0.1, -0.05) is 6.08 Å². The van der Waals surface area contributed by atoms with Crippen LogP contribution in [0.1, 0.15) is 19.8 Å². The molecular weight excluding hydrogens is 294 g/mol. The van der Waals surface area contributed by atoms with Crippen molar-refractivity contribution in [3.05, 3.63) is 29.3 Å². The standard InChI is InChI=1S/C14H18BrNO2/c1-3-4-5-10(2)16-12-9-14-13(8-11(12)15)17-6-7-18-14/h3,8-10,16H,1,4-7H2,2H3. The van der Waals surface area contributed by atoms with Crippen LogP contribution in [0.4, 0.5) is 5.69 Å². The summed E-state index contributed by atoms with van der Waals surface area (Å²) < 4.78 is 12.1. The molecule has 18 heavy (non-hydrogen) atoms. The summed E-state index contributed by atoms with van der Waals surface area (Å²) in [6.45, 7) is 7.13. The average molecular weight is 312 g/mol. The highest BCUT2D eigenvalue weighted by atomic mass is 79.9. The quantitative estimate of drug-likeness (QED) is 0.834. The molecule has 0 bridgehead atoms. The third kappa shape index (κ3) is 3.19. The van der Waals surface area contributed by atoms with Crippen molar-refractivity contribution in [3.8, 4) is 11.5 Å². The Morgan fingerprint density at radius 2 is 2.06 bits per heavy atom. The first kappa shape index (κ1) is 13.3. The van der Waals surface area contributed by atoms with Crippen LogP contribution in [0.5, 0.6) is 11.5 Å². The molecule has 3 nitrogen and oxygen atoms in total. The van der Waals surface area contributed by atoms with Gasteiger partial charge in [0.05, 0.1) is 5.69 Å². The molecule has 1 aliphatic heterocycles. The van der Waals surface area contributed by atoms with Gasteiger partial charge in [0.1, 0.15) is 13.2 Å². The van der Waals surface area contributed by atoms with Gasteiger partial charge in [-0.3, -0.25) is 0 Å². The summed E-state index contributed by atoms with van der Waals surface area (Å²) in [5, 5.41) is 3.46. The summed E-state index contributed by atoms with van der Waals surface area (Å²) in [5.41, 5.74) is 1.04. The summed E-state index contributed by atoms with van der Waals surface area (Å²) >= 11 is 3.55. The maximum atomic E-state index is 5.58. The number of benzene rings is 1. The molecule has 4 heteroatoms. The van der Waals surface area contributed by atoms with E-state index >= 15 is 0 Å². The zero-order valence-corrected chi connectivity index (χ0v) is 12.1. The van der Waals surface area contributed by atoms with Gasteiger partial charge >= 0.3 is 0 Å². The summed E-state index contributed by atoms with van der Waals surface area (Å²) in [6, 6.07) is 4.34. The lowest BCUT2D eigenvalue weighted by atomic mass is 10.1. The Bertz CT molecular complexity index is 434. The Balaban J connectivity index is 2.10. The number of fused-ring (bicyclic) bond motifs is 1. The maximum Gasteiger partial charge on any atom is 0.163 e. The number of hydrogen-bond acceptors (Lipinski definition) is 3. The molecule has 2 rings (SSSR count). The minimum absolute atomic E-state index is 0.391. The van der Waals surface area contributed by atoms with Crippen molar-refractivity contribution in [3.63, 3.8) is 0 Å². The predicted molar refractivity (Wildman–Crippen MR) is 77.6 cm³/mol. The second-order valence-electron chi connectivity index (χ2n) is 4.39. The SMILES string of the molecule is C=CCCC(C)Nc1cc2c(cc1Br)OCCO2. The number of anilines is 1. The van der Waals surface area contributed by atoms with E-state index in [1.54, 1.807) is 0 Å². The summed E-state index contributed by atoms with van der Waals surface area (Å²) in [6.07, 6.45) is 4.01. The minimum Gasteiger partial charge on any atom is -0.486 e. The summed E-state index contributed by atoms with van der Waals surface area (Å²) in [4.78, 5) is 0. The van der Waals surface area contributed by atoms with Gasteiger partial charge in [-0.15, -0.1) is 6.58 Å². The number of ether oxygens (including phenoxy) is 2. The molecule has 1 aliphatic rings. The van der Waals surface area contributed by atoms with E-state index < -0.39 is 0 Å². The number of hydrogen-bond donors (Lipinski definition) is 1. The topological polar surface area (TPSA) is 30.5 Å². The van der Waals surface area contributed by atoms with Crippen LogP contribution >= 0.6 is 15.9 Å². The molecule has 98 valence electrons. The van der Waals surface area contributed by atoms with Crippen molar-refractivity contribution in [2.75, 3.05) is 18.5 Å². The van der Waals surface area contributed by atoms with Crippen LogP contribution in [0.15, 0.2) is 29.3 Å². The van der Waals surface area contributed by atoms with Crippen LogP contribution in [0.25, 0.3) is 0 Å². The molecule has 1 atom stereocenters. The largest absolute Gasteiger partial charge is 0.486 e. The summed E-state index contributed by atoms with van der Waals surface area (Å²) in [7, 11) is 0. The second kappa shape index (κ2) is 6.14. The molecule has 0 saturated heterocycles. The van der Waals surface area contributed by atoms with E-state index in [1.165, 1.54) is 0 Å². The van der Waals surface area contributed by atoms with Crippen molar-refractivity contribution >= 4 is 21.6 Å². The molecule has 1 aromatic rings. The van der Waals surface area contributed by atoms with Crippen molar-refractivity contribution in [2.45, 2.75) is 25.8 Å². The normalized spacial score (nSPS) is 15.0. The highest BCUT2D eigenvalue weighted by Crippen LogP contribution is 2.38. The van der Waals surface area contributed by atoms with Gasteiger partial charge in [0, 0.05) is 22.6 Å². The van der Waals surface area contributed by atoms with Gasteiger partial charge in [-0.25, -0.2) is 0 Å². The Hall–Kier alpha value is -1.16. The Morgan fingerprint density at radius 3 is 2.72 bits per heavy atom. The van der Waals surface area contributed by atoms with Crippen molar-refractivity contribution in [1.29, 1.82) is 0 Å². The van der Waals surface area contributed by atoms with E-state index in [0.717, 1.165) is 34.5 Å².